The van der Waals surface area contributed by atoms with Crippen molar-refractivity contribution in [2.24, 2.45) is 5.92 Å². The number of nitrogens with one attached hydrogen (secondary N) is 1. The summed E-state index contributed by atoms with van der Waals surface area (Å²) in [6.07, 6.45) is 3.01. The van der Waals surface area contributed by atoms with Crippen LogP contribution in [0.25, 0.3) is 11.0 Å². The topological polar surface area (TPSA) is 90.5 Å². The van der Waals surface area contributed by atoms with Crippen molar-refractivity contribution in [1.29, 1.82) is 0 Å². The smallest absolute Gasteiger partial charge is 0.206 e. The molecule has 1 aromatic carbocycles. The maximum atomic E-state index is 11.3. The van der Waals surface area contributed by atoms with E-state index < -0.39 is 11.8 Å². The van der Waals surface area contributed by atoms with Crippen molar-refractivity contribution in [3.63, 3.8) is 0 Å². The van der Waals surface area contributed by atoms with Crippen molar-refractivity contribution in [3.05, 3.63) is 22.2 Å². The number of rotatable bonds is 4. The lowest BCUT2D eigenvalue weighted by atomic mass is 9.93. The van der Waals surface area contributed by atoms with Crippen LogP contribution in [0.1, 0.15) is 32.1 Å². The van der Waals surface area contributed by atoms with Crippen molar-refractivity contribution >= 4 is 40.2 Å². The predicted octanol–water partition coefficient (Wildman–Crippen LogP) is 2.72. The van der Waals surface area contributed by atoms with E-state index >= 15 is 0 Å². The highest BCUT2D eigenvalue weighted by Gasteiger charge is 2.49. The molecule has 2 aliphatic carbocycles. The minimum Gasteiger partial charge on any atom is -0.396 e. The average molecular weight is 386 g/mol. The quantitative estimate of drug-likeness (QED) is 0.649. The third kappa shape index (κ3) is 2.71. The van der Waals surface area contributed by atoms with Crippen molar-refractivity contribution in [2.45, 2.75) is 50.0 Å². The number of aliphatic hydroxyl groups excluding tert-OH is 2. The number of imidazole rings is 1. The van der Waals surface area contributed by atoms with E-state index in [0.717, 1.165) is 19.3 Å². The third-order valence-electron chi connectivity index (χ3n) is 5.56. The van der Waals surface area contributed by atoms with Crippen LogP contribution in [0.2, 0.25) is 10.0 Å². The molecule has 8 heteroatoms. The molecule has 2 saturated carbocycles. The molecule has 0 radical (unpaired) electrons. The van der Waals surface area contributed by atoms with E-state index in [9.17, 15) is 15.3 Å². The number of hydrogen-bond donors (Lipinski definition) is 4. The molecule has 0 bridgehead atoms. The third-order valence-corrected chi connectivity index (χ3v) is 6.28. The second kappa shape index (κ2) is 6.28. The van der Waals surface area contributed by atoms with E-state index in [1.165, 1.54) is 0 Å². The fraction of sp³-hybridized carbons (Fsp3) is 0.588. The largest absolute Gasteiger partial charge is 0.396 e. The fourth-order valence-electron chi connectivity index (χ4n) is 3.81. The number of aromatic nitrogens is 2. The highest BCUT2D eigenvalue weighted by molar-refractivity contribution is 6.42. The van der Waals surface area contributed by atoms with E-state index in [4.69, 9.17) is 23.2 Å². The number of halogens is 2. The molecule has 0 spiro atoms. The molecule has 25 heavy (non-hydrogen) atoms. The van der Waals surface area contributed by atoms with Gasteiger partial charge in [0.25, 0.3) is 0 Å². The van der Waals surface area contributed by atoms with E-state index in [-0.39, 0.29) is 12.5 Å². The SMILES string of the molecule is OCC1CCC(O)(n2c(NC3CCC3)nc3cc(Cl)c(Cl)cc32)C1O. The van der Waals surface area contributed by atoms with Crippen molar-refractivity contribution in [2.75, 3.05) is 11.9 Å². The van der Waals surface area contributed by atoms with Gasteiger partial charge in [0.1, 0.15) is 6.10 Å². The van der Waals surface area contributed by atoms with Crippen molar-refractivity contribution in [1.82, 2.24) is 9.55 Å². The Morgan fingerprint density at radius 2 is 1.96 bits per heavy atom. The van der Waals surface area contributed by atoms with Crippen LogP contribution in [0.15, 0.2) is 12.1 Å². The van der Waals surface area contributed by atoms with Crippen LogP contribution in [-0.2, 0) is 5.72 Å². The highest BCUT2D eigenvalue weighted by Crippen LogP contribution is 2.43. The molecule has 4 N–H and O–H groups in total. The molecule has 0 amide bonds. The molecule has 3 unspecified atom stereocenters. The molecule has 1 heterocycles. The van der Waals surface area contributed by atoms with Crippen LogP contribution in [0.3, 0.4) is 0 Å². The summed E-state index contributed by atoms with van der Waals surface area (Å²) in [7, 11) is 0. The Morgan fingerprint density at radius 1 is 1.24 bits per heavy atom. The minimum absolute atomic E-state index is 0.173. The number of fused-ring (bicyclic) bond motifs is 1. The van der Waals surface area contributed by atoms with Gasteiger partial charge in [0.05, 0.1) is 21.1 Å². The molecule has 1 aromatic heterocycles. The van der Waals surface area contributed by atoms with Gasteiger partial charge in [0.2, 0.25) is 5.95 Å². The summed E-state index contributed by atoms with van der Waals surface area (Å²) in [6, 6.07) is 3.63. The van der Waals surface area contributed by atoms with Crippen LogP contribution >= 0.6 is 23.2 Å². The van der Waals surface area contributed by atoms with Gasteiger partial charge in [-0.3, -0.25) is 4.57 Å². The molecule has 3 atom stereocenters. The molecular weight excluding hydrogens is 365 g/mol. The maximum absolute atomic E-state index is 11.3. The first-order chi connectivity index (χ1) is 11.9. The molecule has 136 valence electrons. The Morgan fingerprint density at radius 3 is 2.56 bits per heavy atom. The minimum atomic E-state index is -1.55. The summed E-state index contributed by atoms with van der Waals surface area (Å²) >= 11 is 12.3. The van der Waals surface area contributed by atoms with E-state index in [1.54, 1.807) is 16.7 Å². The highest BCUT2D eigenvalue weighted by atomic mass is 35.5. The van der Waals surface area contributed by atoms with Gasteiger partial charge in [0.15, 0.2) is 5.72 Å². The summed E-state index contributed by atoms with van der Waals surface area (Å²) in [5, 5.41) is 35.5. The number of nitrogens with zero attached hydrogens (tertiary/aromatic N) is 2. The van der Waals surface area contributed by atoms with Crippen LogP contribution in [-0.4, -0.2) is 43.6 Å². The Labute approximate surface area is 155 Å². The lowest BCUT2D eigenvalue weighted by Crippen LogP contribution is -2.44. The van der Waals surface area contributed by atoms with Crippen molar-refractivity contribution < 1.29 is 15.3 Å². The molecule has 4 rings (SSSR count). The second-order valence-corrected chi connectivity index (χ2v) is 7.92. The first-order valence-electron chi connectivity index (χ1n) is 8.60. The fourth-order valence-corrected chi connectivity index (χ4v) is 4.13. The van der Waals surface area contributed by atoms with Gasteiger partial charge in [-0.05, 0) is 44.2 Å². The van der Waals surface area contributed by atoms with E-state index in [2.05, 4.69) is 10.3 Å². The summed E-state index contributed by atoms with van der Waals surface area (Å²) < 4.78 is 1.63. The van der Waals surface area contributed by atoms with Crippen LogP contribution in [0.4, 0.5) is 5.95 Å². The van der Waals surface area contributed by atoms with E-state index in [1.807, 2.05) is 0 Å². The molecule has 2 fully saturated rings. The maximum Gasteiger partial charge on any atom is 0.206 e. The van der Waals surface area contributed by atoms with Gasteiger partial charge in [-0.15, -0.1) is 0 Å². The van der Waals surface area contributed by atoms with Gasteiger partial charge in [-0.25, -0.2) is 4.98 Å². The second-order valence-electron chi connectivity index (χ2n) is 7.10. The normalized spacial score (nSPS) is 30.0. The molecule has 0 aliphatic heterocycles. The summed E-state index contributed by atoms with van der Waals surface area (Å²) in [5.74, 6) is 0.125. The Balaban J connectivity index is 1.87. The zero-order chi connectivity index (χ0) is 17.8. The summed E-state index contributed by atoms with van der Waals surface area (Å²) in [5.41, 5.74) is -0.341. The van der Waals surface area contributed by atoms with Crippen LogP contribution < -0.4 is 5.32 Å². The van der Waals surface area contributed by atoms with Gasteiger partial charge < -0.3 is 20.6 Å². The number of anilines is 1. The van der Waals surface area contributed by atoms with Gasteiger partial charge in [0, 0.05) is 18.6 Å². The molecular formula is C17H21Cl2N3O3. The first kappa shape index (κ1) is 17.4. The Bertz CT molecular complexity index is 808. The standard InChI is InChI=1S/C17H21Cl2N3O3/c18-11-6-13-14(7-12(11)19)22(16(21-13)20-10-2-1-3-10)17(25)5-4-9(8-23)15(17)24/h6-7,9-10,15,23-25H,1-5,8H2,(H,20,21). The number of aliphatic hydroxyl groups is 3. The number of benzene rings is 1. The first-order valence-corrected chi connectivity index (χ1v) is 9.35. The Kier molecular flexibility index (Phi) is 4.37. The molecule has 6 nitrogen and oxygen atoms in total. The van der Waals surface area contributed by atoms with Gasteiger partial charge in [-0.2, -0.15) is 0 Å². The molecule has 2 aliphatic rings. The van der Waals surface area contributed by atoms with Crippen LogP contribution in [0.5, 0.6) is 0 Å². The Hall–Kier alpha value is -1.05. The zero-order valence-electron chi connectivity index (χ0n) is 13.6. The molecule has 2 aromatic rings. The van der Waals surface area contributed by atoms with Gasteiger partial charge >= 0.3 is 0 Å². The average Bonchev–Trinajstić information content (AvgIpc) is 3.02. The lowest BCUT2D eigenvalue weighted by Gasteiger charge is -2.34. The summed E-state index contributed by atoms with van der Waals surface area (Å²) in [6.45, 7) is -0.173. The summed E-state index contributed by atoms with van der Waals surface area (Å²) in [4.78, 5) is 4.59. The predicted molar refractivity (Wildman–Crippen MR) is 97.0 cm³/mol. The number of hydrogen-bond acceptors (Lipinski definition) is 5. The molecule has 0 saturated heterocycles. The lowest BCUT2D eigenvalue weighted by molar-refractivity contribution is -0.125. The van der Waals surface area contributed by atoms with E-state index in [0.29, 0.717) is 45.9 Å². The van der Waals surface area contributed by atoms with Gasteiger partial charge in [-0.1, -0.05) is 23.2 Å². The zero-order valence-corrected chi connectivity index (χ0v) is 15.1. The monoisotopic (exact) mass is 385 g/mol. The van der Waals surface area contributed by atoms with Crippen molar-refractivity contribution in [3.8, 4) is 0 Å². The van der Waals surface area contributed by atoms with Crippen LogP contribution in [0, 0.1) is 5.92 Å².